The van der Waals surface area contributed by atoms with Crippen molar-refractivity contribution in [2.75, 3.05) is 19.8 Å². The standard InChI is InChI=1S/C14H30O5Si2/c1-13(2)16-9-14(10-17-13,11-18-20(3,4)5)12(15)19-21(6,7)8/h9-11H2,1-8H3. The van der Waals surface area contributed by atoms with Crippen molar-refractivity contribution in [3.05, 3.63) is 0 Å². The molecule has 0 amide bonds. The molecule has 1 rings (SSSR count). The van der Waals surface area contributed by atoms with Crippen LogP contribution in [0.25, 0.3) is 0 Å². The molecule has 0 radical (unpaired) electrons. The fourth-order valence-corrected chi connectivity index (χ4v) is 3.19. The second-order valence-electron chi connectivity index (χ2n) is 8.16. The number of carbonyl (C=O) groups excluding carboxylic acids is 1. The monoisotopic (exact) mass is 334 g/mol. The number of hydrogen-bond acceptors (Lipinski definition) is 5. The zero-order valence-electron chi connectivity index (χ0n) is 14.7. The molecule has 1 aliphatic rings. The third-order valence-corrected chi connectivity index (χ3v) is 4.81. The molecule has 0 bridgehead atoms. The second-order valence-corrected chi connectivity index (χ2v) is 17.1. The van der Waals surface area contributed by atoms with Crippen molar-refractivity contribution in [2.45, 2.75) is 58.9 Å². The summed E-state index contributed by atoms with van der Waals surface area (Å²) < 4.78 is 23.1. The highest BCUT2D eigenvalue weighted by atomic mass is 28.4. The van der Waals surface area contributed by atoms with Gasteiger partial charge in [-0.25, -0.2) is 0 Å². The van der Waals surface area contributed by atoms with E-state index in [1.54, 1.807) is 0 Å². The van der Waals surface area contributed by atoms with Gasteiger partial charge in [-0.2, -0.15) is 0 Å². The summed E-state index contributed by atoms with van der Waals surface area (Å²) in [6.07, 6.45) is 0. The van der Waals surface area contributed by atoms with Crippen molar-refractivity contribution in [3.63, 3.8) is 0 Å². The fraction of sp³-hybridized carbons (Fsp3) is 0.929. The van der Waals surface area contributed by atoms with Gasteiger partial charge in [-0.3, -0.25) is 4.79 Å². The van der Waals surface area contributed by atoms with Gasteiger partial charge in [0.25, 0.3) is 0 Å². The zero-order valence-corrected chi connectivity index (χ0v) is 16.7. The summed E-state index contributed by atoms with van der Waals surface area (Å²) in [5.74, 6) is -0.919. The predicted octanol–water partition coefficient (Wildman–Crippen LogP) is 2.99. The van der Waals surface area contributed by atoms with E-state index >= 15 is 0 Å². The quantitative estimate of drug-likeness (QED) is 0.724. The number of hydrogen-bond donors (Lipinski definition) is 0. The molecule has 0 aromatic carbocycles. The Bertz CT molecular complexity index is 372. The number of rotatable bonds is 5. The van der Waals surface area contributed by atoms with Gasteiger partial charge in [0.15, 0.2) is 14.1 Å². The van der Waals surface area contributed by atoms with E-state index in [9.17, 15) is 4.79 Å². The highest BCUT2D eigenvalue weighted by molar-refractivity contribution is 6.71. The average molecular weight is 335 g/mol. The van der Waals surface area contributed by atoms with Crippen LogP contribution >= 0.6 is 0 Å². The minimum atomic E-state index is -1.97. The van der Waals surface area contributed by atoms with Crippen LogP contribution in [0.4, 0.5) is 0 Å². The second kappa shape index (κ2) is 6.12. The maximum atomic E-state index is 12.7. The molecule has 1 fully saturated rings. The smallest absolute Gasteiger partial charge is 0.305 e. The van der Waals surface area contributed by atoms with E-state index in [1.165, 1.54) is 0 Å². The van der Waals surface area contributed by atoms with Crippen molar-refractivity contribution in [1.82, 2.24) is 0 Å². The van der Waals surface area contributed by atoms with E-state index in [-0.39, 0.29) is 19.2 Å². The van der Waals surface area contributed by atoms with Crippen LogP contribution in [0.3, 0.4) is 0 Å². The Morgan fingerprint density at radius 2 is 1.48 bits per heavy atom. The molecule has 21 heavy (non-hydrogen) atoms. The van der Waals surface area contributed by atoms with E-state index in [0.29, 0.717) is 6.61 Å². The van der Waals surface area contributed by atoms with Gasteiger partial charge in [-0.15, -0.1) is 0 Å². The molecule has 0 atom stereocenters. The van der Waals surface area contributed by atoms with Gasteiger partial charge in [0.2, 0.25) is 8.32 Å². The van der Waals surface area contributed by atoms with Gasteiger partial charge in [-0.1, -0.05) is 0 Å². The third kappa shape index (κ3) is 6.19. The Labute approximate surface area is 130 Å². The van der Waals surface area contributed by atoms with Crippen LogP contribution in [0.15, 0.2) is 0 Å². The molecule has 0 unspecified atom stereocenters. The molecular formula is C14H30O5Si2. The van der Waals surface area contributed by atoms with Gasteiger partial charge in [0, 0.05) is 0 Å². The molecule has 124 valence electrons. The maximum absolute atomic E-state index is 12.7. The maximum Gasteiger partial charge on any atom is 0.305 e. The molecule has 0 aromatic heterocycles. The highest BCUT2D eigenvalue weighted by Crippen LogP contribution is 2.33. The molecule has 5 nitrogen and oxygen atoms in total. The molecule has 0 aromatic rings. The summed E-state index contributed by atoms with van der Waals surface area (Å²) in [4.78, 5) is 12.7. The van der Waals surface area contributed by atoms with Crippen LogP contribution in [0.5, 0.6) is 0 Å². The van der Waals surface area contributed by atoms with Gasteiger partial charge < -0.3 is 18.3 Å². The Kier molecular flexibility index (Phi) is 5.48. The van der Waals surface area contributed by atoms with Crippen LogP contribution in [-0.2, 0) is 23.1 Å². The summed E-state index contributed by atoms with van der Waals surface area (Å²) in [5.41, 5.74) is -0.851. The van der Waals surface area contributed by atoms with Crippen molar-refractivity contribution < 1.29 is 23.1 Å². The van der Waals surface area contributed by atoms with Crippen molar-refractivity contribution >= 4 is 22.6 Å². The average Bonchev–Trinajstić information content (AvgIpc) is 2.24. The summed E-state index contributed by atoms with van der Waals surface area (Å²) in [6.45, 7) is 16.8. The Morgan fingerprint density at radius 3 is 1.86 bits per heavy atom. The minimum absolute atomic E-state index is 0.254. The molecule has 0 N–H and O–H groups in total. The zero-order chi connectivity index (χ0) is 16.5. The summed E-state index contributed by atoms with van der Waals surface area (Å²) in [5, 5.41) is 0. The van der Waals surface area contributed by atoms with E-state index in [2.05, 4.69) is 19.6 Å². The molecule has 0 saturated carbocycles. The largest absolute Gasteiger partial charge is 0.519 e. The highest BCUT2D eigenvalue weighted by Gasteiger charge is 2.49. The Balaban J connectivity index is 2.87. The normalized spacial score (nSPS) is 21.9. The third-order valence-electron chi connectivity index (χ3n) is 3.01. The first-order chi connectivity index (χ1) is 9.25. The molecular weight excluding hydrogens is 304 g/mol. The van der Waals surface area contributed by atoms with Gasteiger partial charge in [-0.05, 0) is 53.1 Å². The molecule has 7 heteroatoms. The molecule has 1 saturated heterocycles. The lowest BCUT2D eigenvalue weighted by molar-refractivity contribution is -0.286. The van der Waals surface area contributed by atoms with E-state index < -0.39 is 27.8 Å². The first kappa shape index (κ1) is 18.8. The van der Waals surface area contributed by atoms with E-state index in [1.807, 2.05) is 33.5 Å². The Hall–Kier alpha value is -0.216. The van der Waals surface area contributed by atoms with Crippen molar-refractivity contribution in [1.29, 1.82) is 0 Å². The van der Waals surface area contributed by atoms with Crippen LogP contribution in [0.2, 0.25) is 39.3 Å². The molecule has 1 heterocycles. The van der Waals surface area contributed by atoms with Gasteiger partial charge >= 0.3 is 5.97 Å². The summed E-state index contributed by atoms with van der Waals surface area (Å²) in [6, 6.07) is 0. The molecule has 0 spiro atoms. The summed E-state index contributed by atoms with van der Waals surface area (Å²) in [7, 11) is -3.70. The first-order valence-electron chi connectivity index (χ1n) is 7.40. The number of carbonyl (C=O) groups is 1. The molecule has 0 aliphatic carbocycles. The van der Waals surface area contributed by atoms with Crippen molar-refractivity contribution in [2.24, 2.45) is 5.41 Å². The topological polar surface area (TPSA) is 54.0 Å². The van der Waals surface area contributed by atoms with Crippen LogP contribution < -0.4 is 0 Å². The fourth-order valence-electron chi connectivity index (χ4n) is 1.71. The summed E-state index contributed by atoms with van der Waals surface area (Å²) >= 11 is 0. The van der Waals surface area contributed by atoms with Crippen LogP contribution in [0, 0.1) is 5.41 Å². The van der Waals surface area contributed by atoms with Gasteiger partial charge in [0.05, 0.1) is 19.8 Å². The lowest BCUT2D eigenvalue weighted by atomic mass is 9.90. The number of ether oxygens (including phenoxy) is 2. The lowest BCUT2D eigenvalue weighted by Crippen LogP contribution is -2.56. The Morgan fingerprint density at radius 1 is 1.00 bits per heavy atom. The van der Waals surface area contributed by atoms with E-state index in [4.69, 9.17) is 18.3 Å². The van der Waals surface area contributed by atoms with Crippen molar-refractivity contribution in [3.8, 4) is 0 Å². The minimum Gasteiger partial charge on any atom is -0.519 e. The lowest BCUT2D eigenvalue weighted by Gasteiger charge is -2.43. The first-order valence-corrected chi connectivity index (χ1v) is 14.2. The predicted molar refractivity (Wildman–Crippen MR) is 87.2 cm³/mol. The van der Waals surface area contributed by atoms with Crippen LogP contribution in [0.1, 0.15) is 13.8 Å². The molecule has 1 aliphatic heterocycles. The SMILES string of the molecule is CC1(C)OCC(CO[Si](C)(C)C)(C(=O)O[Si](C)(C)C)CO1. The van der Waals surface area contributed by atoms with Gasteiger partial charge in [0.1, 0.15) is 5.41 Å². The van der Waals surface area contributed by atoms with Crippen LogP contribution in [-0.4, -0.2) is 48.2 Å². The van der Waals surface area contributed by atoms with E-state index in [0.717, 1.165) is 0 Å².